The Morgan fingerprint density at radius 3 is 2.71 bits per heavy atom. The number of hydrogen-bond acceptors (Lipinski definition) is 3. The van der Waals surface area contributed by atoms with Crippen molar-refractivity contribution >= 4 is 40.3 Å². The summed E-state index contributed by atoms with van der Waals surface area (Å²) < 4.78 is 0. The maximum absolute atomic E-state index is 11.0. The van der Waals surface area contributed by atoms with Gasteiger partial charge in [-0.2, -0.15) is 0 Å². The quantitative estimate of drug-likeness (QED) is 0.705. The monoisotopic (exact) mass is 228 g/mol. The Bertz CT molecular complexity index is 468. The lowest BCUT2D eigenvalue weighted by Crippen LogP contribution is -1.93. The standard InChI is InChI=1S/C9H5ClN2O.ClH/c10-9(13)6-3-5-11-7-2-1-4-12-8(6)7;/h1-5H;1H. The van der Waals surface area contributed by atoms with Crippen molar-refractivity contribution in [1.29, 1.82) is 0 Å². The van der Waals surface area contributed by atoms with Crippen molar-refractivity contribution < 1.29 is 4.79 Å². The van der Waals surface area contributed by atoms with E-state index in [-0.39, 0.29) is 12.4 Å². The molecule has 72 valence electrons. The van der Waals surface area contributed by atoms with E-state index in [0.29, 0.717) is 16.6 Å². The third-order valence-electron chi connectivity index (χ3n) is 1.71. The molecule has 3 nitrogen and oxygen atoms in total. The fourth-order valence-corrected chi connectivity index (χ4v) is 1.29. The fraction of sp³-hybridized carbons (Fsp3) is 0. The molecule has 0 N–H and O–H groups in total. The Hall–Kier alpha value is -1.19. The number of hydrogen-bond donors (Lipinski definition) is 0. The molecule has 0 unspecified atom stereocenters. The van der Waals surface area contributed by atoms with Crippen molar-refractivity contribution in [2.24, 2.45) is 0 Å². The van der Waals surface area contributed by atoms with Crippen LogP contribution in [0, 0.1) is 0 Å². The number of carbonyl (C=O) groups is 1. The minimum absolute atomic E-state index is 0. The summed E-state index contributed by atoms with van der Waals surface area (Å²) in [6, 6.07) is 5.11. The molecular weight excluding hydrogens is 223 g/mol. The smallest absolute Gasteiger partial charge is 0.254 e. The van der Waals surface area contributed by atoms with Gasteiger partial charge in [-0.05, 0) is 29.8 Å². The summed E-state index contributed by atoms with van der Waals surface area (Å²) in [5.41, 5.74) is 1.62. The number of halogens is 2. The van der Waals surface area contributed by atoms with Crippen LogP contribution >= 0.6 is 24.0 Å². The fourth-order valence-electron chi connectivity index (χ4n) is 1.14. The van der Waals surface area contributed by atoms with Gasteiger partial charge in [0.05, 0.1) is 11.1 Å². The van der Waals surface area contributed by atoms with E-state index in [0.717, 1.165) is 0 Å². The molecule has 0 aromatic carbocycles. The van der Waals surface area contributed by atoms with Gasteiger partial charge in [0.25, 0.3) is 5.24 Å². The van der Waals surface area contributed by atoms with E-state index in [1.807, 2.05) is 0 Å². The lowest BCUT2D eigenvalue weighted by Gasteiger charge is -1.98. The van der Waals surface area contributed by atoms with Crippen LogP contribution in [0.3, 0.4) is 0 Å². The van der Waals surface area contributed by atoms with Crippen LogP contribution in [0.5, 0.6) is 0 Å². The van der Waals surface area contributed by atoms with E-state index in [4.69, 9.17) is 11.6 Å². The number of aromatic nitrogens is 2. The third kappa shape index (κ3) is 1.84. The number of rotatable bonds is 1. The van der Waals surface area contributed by atoms with Crippen molar-refractivity contribution in [3.63, 3.8) is 0 Å². The summed E-state index contributed by atoms with van der Waals surface area (Å²) in [7, 11) is 0. The van der Waals surface area contributed by atoms with Gasteiger partial charge in [0.1, 0.15) is 5.52 Å². The van der Waals surface area contributed by atoms with Crippen molar-refractivity contribution in [1.82, 2.24) is 9.97 Å². The Morgan fingerprint density at radius 2 is 2.00 bits per heavy atom. The van der Waals surface area contributed by atoms with Gasteiger partial charge in [-0.1, -0.05) is 0 Å². The predicted octanol–water partition coefficient (Wildman–Crippen LogP) is 2.43. The zero-order valence-electron chi connectivity index (χ0n) is 6.98. The zero-order chi connectivity index (χ0) is 9.26. The first kappa shape index (κ1) is 10.9. The number of nitrogens with zero attached hydrogens (tertiary/aromatic N) is 2. The molecule has 5 heteroatoms. The maximum Gasteiger partial charge on any atom is 0.254 e. The van der Waals surface area contributed by atoms with Crippen LogP contribution in [0.2, 0.25) is 0 Å². The van der Waals surface area contributed by atoms with E-state index < -0.39 is 5.24 Å². The van der Waals surface area contributed by atoms with Crippen LogP contribution in [-0.2, 0) is 0 Å². The topological polar surface area (TPSA) is 42.9 Å². The summed E-state index contributed by atoms with van der Waals surface area (Å²) in [5, 5.41) is -0.508. The van der Waals surface area contributed by atoms with Gasteiger partial charge in [-0.15, -0.1) is 12.4 Å². The van der Waals surface area contributed by atoms with Crippen molar-refractivity contribution in [3.8, 4) is 0 Å². The third-order valence-corrected chi connectivity index (χ3v) is 1.91. The molecule has 0 saturated heterocycles. The molecule has 0 spiro atoms. The van der Waals surface area contributed by atoms with E-state index >= 15 is 0 Å². The van der Waals surface area contributed by atoms with Gasteiger partial charge < -0.3 is 0 Å². The summed E-state index contributed by atoms with van der Waals surface area (Å²) in [6.45, 7) is 0. The average molecular weight is 229 g/mol. The molecule has 0 saturated carbocycles. The van der Waals surface area contributed by atoms with E-state index in [1.165, 1.54) is 0 Å². The largest absolute Gasteiger partial charge is 0.276 e. The van der Waals surface area contributed by atoms with Gasteiger partial charge in [0, 0.05) is 12.4 Å². The second kappa shape index (κ2) is 4.35. The molecule has 0 fully saturated rings. The lowest BCUT2D eigenvalue weighted by atomic mass is 10.2. The molecule has 0 aliphatic heterocycles. The SMILES string of the molecule is Cl.O=C(Cl)c1ccnc2cccnc12. The Morgan fingerprint density at radius 1 is 1.21 bits per heavy atom. The van der Waals surface area contributed by atoms with Gasteiger partial charge in [0.2, 0.25) is 0 Å². The summed E-state index contributed by atoms with van der Waals surface area (Å²) in [4.78, 5) is 19.0. The summed E-state index contributed by atoms with van der Waals surface area (Å²) >= 11 is 5.38. The molecule has 0 atom stereocenters. The van der Waals surface area contributed by atoms with Crippen LogP contribution in [0.1, 0.15) is 10.4 Å². The van der Waals surface area contributed by atoms with Crippen LogP contribution < -0.4 is 0 Å². The molecule has 2 rings (SSSR count). The van der Waals surface area contributed by atoms with E-state index in [9.17, 15) is 4.79 Å². The second-order valence-corrected chi connectivity index (χ2v) is 2.85. The average Bonchev–Trinajstić information content (AvgIpc) is 2.17. The predicted molar refractivity (Wildman–Crippen MR) is 57.0 cm³/mol. The minimum Gasteiger partial charge on any atom is -0.276 e. The highest BCUT2D eigenvalue weighted by molar-refractivity contribution is 6.68. The molecule has 2 aromatic rings. The number of carbonyl (C=O) groups excluding carboxylic acids is 1. The number of pyridine rings is 2. The van der Waals surface area contributed by atoms with Gasteiger partial charge in [-0.25, -0.2) is 0 Å². The lowest BCUT2D eigenvalue weighted by molar-refractivity contribution is 0.108. The molecular formula is C9H6Cl2N2O. The Kier molecular flexibility index (Phi) is 3.38. The van der Waals surface area contributed by atoms with Crippen molar-refractivity contribution in [2.75, 3.05) is 0 Å². The Balaban J connectivity index is 0.000000980. The summed E-state index contributed by atoms with van der Waals surface area (Å²) in [6.07, 6.45) is 3.15. The molecule has 0 amide bonds. The molecule has 2 heterocycles. The van der Waals surface area contributed by atoms with E-state index in [2.05, 4.69) is 9.97 Å². The highest BCUT2D eigenvalue weighted by Crippen LogP contribution is 2.14. The first-order valence-electron chi connectivity index (χ1n) is 3.68. The second-order valence-electron chi connectivity index (χ2n) is 2.50. The number of fused-ring (bicyclic) bond motifs is 1. The van der Waals surface area contributed by atoms with Crippen LogP contribution in [0.4, 0.5) is 0 Å². The first-order chi connectivity index (χ1) is 6.29. The van der Waals surface area contributed by atoms with E-state index in [1.54, 1.807) is 30.6 Å². The highest BCUT2D eigenvalue weighted by atomic mass is 35.5. The maximum atomic E-state index is 11.0. The van der Waals surface area contributed by atoms with Crippen LogP contribution in [0.25, 0.3) is 11.0 Å². The van der Waals surface area contributed by atoms with Gasteiger partial charge in [-0.3, -0.25) is 14.8 Å². The van der Waals surface area contributed by atoms with Crippen molar-refractivity contribution in [3.05, 3.63) is 36.2 Å². The summed E-state index contributed by atoms with van der Waals surface area (Å²) in [5.74, 6) is 0. The Labute approximate surface area is 91.5 Å². The molecule has 14 heavy (non-hydrogen) atoms. The first-order valence-corrected chi connectivity index (χ1v) is 4.06. The van der Waals surface area contributed by atoms with Gasteiger partial charge in [0.15, 0.2) is 0 Å². The highest BCUT2D eigenvalue weighted by Gasteiger charge is 2.07. The molecule has 0 aliphatic carbocycles. The van der Waals surface area contributed by atoms with Gasteiger partial charge >= 0.3 is 0 Å². The molecule has 2 aromatic heterocycles. The normalized spacial score (nSPS) is 9.50. The van der Waals surface area contributed by atoms with Crippen LogP contribution in [-0.4, -0.2) is 15.2 Å². The molecule has 0 aliphatic rings. The molecule has 0 bridgehead atoms. The molecule has 0 radical (unpaired) electrons. The minimum atomic E-state index is -0.508. The van der Waals surface area contributed by atoms with Crippen molar-refractivity contribution in [2.45, 2.75) is 0 Å². The zero-order valence-corrected chi connectivity index (χ0v) is 8.55. The van der Waals surface area contributed by atoms with Crippen LogP contribution in [0.15, 0.2) is 30.6 Å².